The Labute approximate surface area is 740 Å². The Morgan fingerprint density at radius 3 is 1.09 bits per heavy atom. The van der Waals surface area contributed by atoms with Gasteiger partial charge in [0, 0.05) is 114 Å². The zero-order valence-electron chi connectivity index (χ0n) is 71.5. The van der Waals surface area contributed by atoms with Crippen molar-refractivity contribution >= 4 is 125 Å². The number of Topliss-reactive ketones (excluding diaryl/α,β-unsaturated/α-hetero) is 4. The third-order valence-electron chi connectivity index (χ3n) is 21.0. The SMILES string of the molecule is CC(=O)O/N=C(/C(=O)c1cn(-c2ccccc2C(C)=O)c2ccccc12)c1ccccc1C.CC(=O)O/N=C(/C(=O)c1cn(-c2ccccc2F)c2ccccc12)c1ccccc1C.CC(=O)O/N=C(/C(=O)c1cn(-c2ccccc2[N+](=O)[O-])c2ccccc12)c1ccccc1C.[C-]#[N+]c1ccccc1-n1cc(/C(Cc2ccccc2C)=N/OC(=O)CC)c2ccccc21. The molecular weight excluding hydrogens is 1630 g/mol. The van der Waals surface area contributed by atoms with Gasteiger partial charge < -0.3 is 37.6 Å². The Bertz CT molecular complexity index is 7060. The van der Waals surface area contributed by atoms with Crippen LogP contribution < -0.4 is 0 Å². The summed E-state index contributed by atoms with van der Waals surface area (Å²) in [5, 5.41) is 30.5. The Hall–Kier alpha value is -17.1. The molecule has 0 atom stereocenters. The predicted molar refractivity (Wildman–Crippen MR) is 495 cm³/mol. The number of nitro benzene ring substituents is 1. The molecule has 24 nitrogen and oxygen atoms in total. The van der Waals surface area contributed by atoms with Crippen molar-refractivity contribution in [3.8, 4) is 22.7 Å². The molecule has 0 fully saturated rings. The van der Waals surface area contributed by atoms with E-state index in [0.29, 0.717) is 95.5 Å². The van der Waals surface area contributed by atoms with Gasteiger partial charge in [0.1, 0.15) is 11.5 Å². The molecule has 129 heavy (non-hydrogen) atoms. The van der Waals surface area contributed by atoms with Crippen molar-refractivity contribution in [2.75, 3.05) is 0 Å². The average molecular weight is 1720 g/mol. The lowest BCUT2D eigenvalue weighted by atomic mass is 9.97. The number of rotatable bonds is 23. The second kappa shape index (κ2) is 40.9. The summed E-state index contributed by atoms with van der Waals surface area (Å²) < 4.78 is 21.6. The Morgan fingerprint density at radius 1 is 0.364 bits per heavy atom. The number of nitro groups is 1. The van der Waals surface area contributed by atoms with E-state index in [0.717, 1.165) is 55.5 Å². The maximum Gasteiger partial charge on any atom is 0.334 e. The van der Waals surface area contributed by atoms with Crippen LogP contribution in [0.5, 0.6) is 0 Å². The number of carbonyl (C=O) groups excluding carboxylic acids is 8. The Balaban J connectivity index is 0.000000147. The summed E-state index contributed by atoms with van der Waals surface area (Å²) in [5.74, 6) is -4.06. The van der Waals surface area contributed by atoms with E-state index in [-0.39, 0.29) is 52.3 Å². The molecule has 0 bridgehead atoms. The van der Waals surface area contributed by atoms with Crippen molar-refractivity contribution in [3.63, 3.8) is 0 Å². The fraction of sp³-hybridized carbons (Fsp3) is 0.106. The molecule has 0 saturated carbocycles. The zero-order valence-corrected chi connectivity index (χ0v) is 71.5. The Morgan fingerprint density at radius 2 is 0.690 bits per heavy atom. The summed E-state index contributed by atoms with van der Waals surface area (Å²) in [4.78, 5) is 134. The summed E-state index contributed by atoms with van der Waals surface area (Å²) in [6.07, 6.45) is 7.59. The van der Waals surface area contributed by atoms with Crippen LogP contribution in [0.4, 0.5) is 15.8 Å². The maximum atomic E-state index is 14.5. The third-order valence-corrected chi connectivity index (χ3v) is 21.0. The smallest absolute Gasteiger partial charge is 0.326 e. The molecule has 0 unspecified atom stereocenters. The first-order valence-corrected chi connectivity index (χ1v) is 40.7. The average Bonchev–Trinajstić information content (AvgIpc) is 1.63. The van der Waals surface area contributed by atoms with E-state index in [2.05, 4.69) is 44.5 Å². The van der Waals surface area contributed by atoms with E-state index in [1.807, 2.05) is 188 Å². The summed E-state index contributed by atoms with van der Waals surface area (Å²) in [6, 6.07) is 86.9. The number of oxime groups is 4. The number of aryl methyl sites for hydroxylation is 4. The van der Waals surface area contributed by atoms with Crippen LogP contribution in [0.3, 0.4) is 0 Å². The van der Waals surface area contributed by atoms with E-state index in [1.54, 1.807) is 150 Å². The fourth-order valence-corrected chi connectivity index (χ4v) is 14.7. The highest BCUT2D eigenvalue weighted by Gasteiger charge is 2.30. The van der Waals surface area contributed by atoms with Gasteiger partial charge in [0.2, 0.25) is 23.0 Å². The summed E-state index contributed by atoms with van der Waals surface area (Å²) in [7, 11) is 0. The predicted octanol–water partition coefficient (Wildman–Crippen LogP) is 21.9. The normalized spacial score (nSPS) is 11.4. The van der Waals surface area contributed by atoms with Crippen LogP contribution >= 0.6 is 0 Å². The molecule has 16 rings (SSSR count). The van der Waals surface area contributed by atoms with Crippen molar-refractivity contribution in [2.24, 2.45) is 20.6 Å². The number of fused-ring (bicyclic) bond motifs is 4. The van der Waals surface area contributed by atoms with Crippen LogP contribution in [-0.4, -0.2) is 93.0 Å². The molecule has 0 amide bonds. The van der Waals surface area contributed by atoms with Crippen LogP contribution in [0.2, 0.25) is 0 Å². The van der Waals surface area contributed by atoms with Crippen LogP contribution in [0.25, 0.3) is 71.2 Å². The van der Waals surface area contributed by atoms with Crippen molar-refractivity contribution in [2.45, 2.75) is 75.2 Å². The third kappa shape index (κ3) is 20.2. The van der Waals surface area contributed by atoms with E-state index < -0.39 is 40.2 Å². The lowest BCUT2D eigenvalue weighted by Gasteiger charge is -2.09. The summed E-state index contributed by atoms with van der Waals surface area (Å²) >= 11 is 0. The molecule has 0 aliphatic carbocycles. The van der Waals surface area contributed by atoms with Gasteiger partial charge in [0.25, 0.3) is 5.69 Å². The second-order valence-electron chi connectivity index (χ2n) is 29.5. The van der Waals surface area contributed by atoms with Crippen LogP contribution in [-0.2, 0) is 44.9 Å². The van der Waals surface area contributed by atoms with Crippen molar-refractivity contribution in [1.82, 2.24) is 18.3 Å². The molecule has 25 heteroatoms. The first-order chi connectivity index (χ1) is 62.3. The zero-order chi connectivity index (χ0) is 91.5. The molecular formula is C104H83FN10O14. The number of hydrogen-bond donors (Lipinski definition) is 0. The quantitative estimate of drug-likeness (QED) is 0.0144. The van der Waals surface area contributed by atoms with E-state index >= 15 is 0 Å². The van der Waals surface area contributed by atoms with Gasteiger partial charge in [-0.05, 0) is 123 Å². The van der Waals surface area contributed by atoms with Crippen LogP contribution in [0, 0.1) is 50.2 Å². The number of aromatic nitrogens is 4. The lowest BCUT2D eigenvalue weighted by molar-refractivity contribution is -0.384. The van der Waals surface area contributed by atoms with Crippen molar-refractivity contribution < 1.29 is 67.0 Å². The minimum atomic E-state index is -0.656. The second-order valence-corrected chi connectivity index (χ2v) is 29.5. The van der Waals surface area contributed by atoms with Crippen molar-refractivity contribution in [3.05, 3.63) is 416 Å². The van der Waals surface area contributed by atoms with Gasteiger partial charge in [-0.25, -0.2) is 28.4 Å². The number of nitrogens with zero attached hydrogens (tertiary/aromatic N) is 10. The topological polar surface area (TPSA) is 290 Å². The first-order valence-electron chi connectivity index (χ1n) is 40.7. The molecule has 0 radical (unpaired) electrons. The van der Waals surface area contributed by atoms with Gasteiger partial charge in [0.15, 0.2) is 22.9 Å². The number of halogens is 1. The highest BCUT2D eigenvalue weighted by Crippen LogP contribution is 2.36. The number of benzene rings is 12. The molecule has 0 aliphatic heterocycles. The molecule has 4 heterocycles. The largest absolute Gasteiger partial charge is 0.334 e. The summed E-state index contributed by atoms with van der Waals surface area (Å²) in [5.41, 5.74) is 15.0. The number of para-hydroxylation sites is 10. The van der Waals surface area contributed by atoms with E-state index in [9.17, 15) is 52.9 Å². The molecule has 0 spiro atoms. The minimum Gasteiger partial charge on any atom is -0.326 e. The van der Waals surface area contributed by atoms with Crippen molar-refractivity contribution in [1.29, 1.82) is 0 Å². The molecule has 4 aromatic heterocycles. The molecule has 16 aromatic rings. The molecule has 12 aromatic carbocycles. The van der Waals surface area contributed by atoms with Crippen LogP contribution in [0.15, 0.2) is 337 Å². The van der Waals surface area contributed by atoms with Gasteiger partial charge in [0.05, 0.1) is 73.0 Å². The van der Waals surface area contributed by atoms with Gasteiger partial charge in [-0.15, -0.1) is 0 Å². The first kappa shape index (κ1) is 89.6. The molecule has 0 N–H and O–H groups in total. The maximum absolute atomic E-state index is 14.5. The van der Waals surface area contributed by atoms with Crippen LogP contribution in [0.1, 0.15) is 133 Å². The molecule has 640 valence electrons. The number of carbonyl (C=O) groups is 8. The van der Waals surface area contributed by atoms with Gasteiger partial charge >= 0.3 is 23.9 Å². The highest BCUT2D eigenvalue weighted by molar-refractivity contribution is 6.54. The number of hydrogen-bond acceptors (Lipinski definition) is 18. The monoisotopic (exact) mass is 1710 g/mol. The van der Waals surface area contributed by atoms with Gasteiger partial charge in [-0.3, -0.25) is 29.3 Å². The molecule has 0 saturated heterocycles. The van der Waals surface area contributed by atoms with Gasteiger partial charge in [-0.2, -0.15) is 0 Å². The minimum absolute atomic E-state index is 0.00439. The summed E-state index contributed by atoms with van der Waals surface area (Å²) in [6.45, 7) is 22.0. The molecule has 0 aliphatic rings. The van der Waals surface area contributed by atoms with E-state index in [1.165, 1.54) is 39.8 Å². The van der Waals surface area contributed by atoms with Gasteiger partial charge in [-0.1, -0.05) is 252 Å². The van der Waals surface area contributed by atoms with E-state index in [4.69, 9.17) is 25.9 Å². The standard InChI is InChI=1S/C27H23N3O2.C27H22N2O4.C25H19FN2O3.C25H19N3O5/c1-4-27(31)32-29-24(17-20-12-6-5-11-19(20)2)22-18-30(25-15-9-7-13-21(22)25)26-16-10-8-14-23(26)28-3;1-17-10-4-5-11-20(17)26(28-33-19(3)31)27(32)23-16-29(25-15-9-7-13-22(23)25)24-14-8-6-12-21(24)18(2)30;1-16-9-3-4-10-18(16)24(27-31-17(2)29)25(30)20-15-28(22-13-7-5-11-19(20)22)23-14-8-6-12-21(23)26;1-16-9-3-4-10-18(16)24(26-33-17(2)29)25(30)20-15-27(21-12-6-5-11-19(20)21)22-13-7-8-14-23(22)28(31)32/h5-16,18H,4,17H2,1-2H3;4-16H,1-3H3;3-15H,1-2H3;3-15H,1-2H3/b29-24+;28-26+;27-24+;26-24+. The lowest BCUT2D eigenvalue weighted by Crippen LogP contribution is -2.18. The fourth-order valence-electron chi connectivity index (χ4n) is 14.7. The number of ketones is 4. The highest BCUT2D eigenvalue weighted by atomic mass is 19.1. The Kier molecular flexibility index (Phi) is 28.4.